The first-order valence-corrected chi connectivity index (χ1v) is 52.4. The van der Waals surface area contributed by atoms with Gasteiger partial charge in [0.15, 0.2) is 11.4 Å². The van der Waals surface area contributed by atoms with Gasteiger partial charge in [-0.05, 0) is 318 Å². The number of aromatic nitrogens is 10. The van der Waals surface area contributed by atoms with E-state index in [4.69, 9.17) is 43.0 Å². The molecule has 2 atom stereocenters. The number of aromatic hydroxyl groups is 1. The van der Waals surface area contributed by atoms with Crippen LogP contribution in [-0.2, 0) is 59.6 Å². The number of carbonyl (C=O) groups is 7. The second-order valence-electron chi connectivity index (χ2n) is 35.5. The molecule has 6 heterocycles. The number of aryl methyl sites for hydroxylation is 6. The summed E-state index contributed by atoms with van der Waals surface area (Å²) in [7, 11) is 5.48. The molecule has 6 aromatic heterocycles. The smallest absolute Gasteiger partial charge is 0.508 e. The Kier molecular flexibility index (Phi) is 41.1. The summed E-state index contributed by atoms with van der Waals surface area (Å²) in [6.45, 7) is 17.9. The fourth-order valence-corrected chi connectivity index (χ4v) is 19.3. The number of carbonyl (C=O) groups excluding carboxylic acids is 6. The van der Waals surface area contributed by atoms with E-state index in [0.29, 0.717) is 42.1 Å². The summed E-state index contributed by atoms with van der Waals surface area (Å²) in [5.74, 6) is -0.384. The summed E-state index contributed by atoms with van der Waals surface area (Å²) < 4.78 is 63.1. The lowest BCUT2D eigenvalue weighted by molar-refractivity contribution is -0.384. The van der Waals surface area contributed by atoms with E-state index in [2.05, 4.69) is 92.9 Å². The van der Waals surface area contributed by atoms with Crippen molar-refractivity contribution in [2.45, 2.75) is 222 Å². The number of carboxylic acids is 1. The lowest BCUT2D eigenvalue weighted by Crippen LogP contribution is -2.35. The number of halogens is 4. The van der Waals surface area contributed by atoms with Gasteiger partial charge in [-0.1, -0.05) is 102 Å². The maximum Gasteiger partial charge on any atom is 0.514 e. The van der Waals surface area contributed by atoms with Crippen LogP contribution < -0.4 is 9.47 Å². The molecular weight excluding hydrogens is 2160 g/mol. The Bertz CT molecular complexity index is 6370. The van der Waals surface area contributed by atoms with Crippen molar-refractivity contribution in [3.8, 4) is 62.5 Å². The zero-order chi connectivity index (χ0) is 104. The molecule has 4 aliphatic carbocycles. The average molecular weight is 2280 g/mol. The van der Waals surface area contributed by atoms with Gasteiger partial charge in [-0.25, -0.2) is 47.5 Å². The second kappa shape index (κ2) is 53.8. The van der Waals surface area contributed by atoms with E-state index in [1.807, 2.05) is 208 Å². The monoisotopic (exact) mass is 2270 g/mol. The van der Waals surface area contributed by atoms with Crippen molar-refractivity contribution >= 4 is 135 Å². The minimum absolute atomic E-state index is 0.00246. The first kappa shape index (κ1) is 111. The van der Waals surface area contributed by atoms with Gasteiger partial charge in [0, 0.05) is 112 Å². The van der Waals surface area contributed by atoms with Gasteiger partial charge in [-0.3, -0.25) is 14.9 Å². The number of nitro benzene ring substituents is 1. The Morgan fingerprint density at radius 1 is 0.455 bits per heavy atom. The van der Waals surface area contributed by atoms with Crippen LogP contribution in [0.25, 0.3) is 45.3 Å². The SMILES string of the molecule is CCOC(=O)c1c(C)cnn1-c1ccc(Br)cc1.Cc1cnn(-c2ccc(Br)cc2)c1C(=O)O.Cc1cnn(-c2ccc(Br)cc2)c1COC(=O)N(C)C1CCCC1.Cc1cnn(-c2ccc(Br)cc2)c1COC(=O)Oc1ccc([N+](=O)[O-])cc1.Cc1snc(-c2ccc(O)cc2)c1COC(=O)N(C)C1CCCC1.Cc1snc(-c2ccc(O[C@H]3CCC[C@H](C(=O)OC(C)C)C3)cc2)c1COC(=O)N(C)C1CCCC1. The molecule has 145 heavy (non-hydrogen) atoms. The van der Waals surface area contributed by atoms with Crippen molar-refractivity contribution in [2.24, 2.45) is 5.92 Å². The van der Waals surface area contributed by atoms with Gasteiger partial charge in [0.25, 0.3) is 5.69 Å². The molecule has 0 aliphatic heterocycles. The Hall–Kier alpha value is -13.0. The second-order valence-corrected chi connectivity index (χ2v) is 41.1. The number of hydrogen-bond donors (Lipinski definition) is 2. The molecule has 33 nitrogen and oxygen atoms in total. The molecule has 4 aliphatic rings. The minimum atomic E-state index is -0.974. The van der Waals surface area contributed by atoms with Crippen molar-refractivity contribution in [3.63, 3.8) is 0 Å². The zero-order valence-electron chi connectivity index (χ0n) is 82.7. The number of hydrogen-bond acceptors (Lipinski definition) is 26. The maximum absolute atomic E-state index is 12.6. The third kappa shape index (κ3) is 31.1. The number of nitro groups is 1. The van der Waals surface area contributed by atoms with Gasteiger partial charge in [0.05, 0.1) is 100.0 Å². The van der Waals surface area contributed by atoms with E-state index < -0.39 is 17.0 Å². The molecule has 0 bridgehead atoms. The van der Waals surface area contributed by atoms with E-state index in [0.717, 1.165) is 170 Å². The highest BCUT2D eigenvalue weighted by Crippen LogP contribution is 2.37. The standard InChI is InChI=1S/C28H38N2O5S.C18H14BrN3O5.C18H22BrN3O2.C18H22N2O3S.C13H13BrN2O2.C11H9BrN2O2/c1-18(2)34-27(31)21-8-7-11-24(16-21)35-23-14-12-20(13-15-23)26-25(19(3)36-29-26)17-33-28(32)30(4)22-9-5-6-10-22;1-12-10-20-21(14-4-2-13(19)3-5-14)17(12)11-26-18(23)27-16-8-6-15(7-9-16)22(24)25;1-13-11-20-22(16-9-7-14(19)8-10-16)17(13)12-24-18(23)21(2)15-5-3-4-6-15;1-12-16(11-23-18(22)20(2)14-5-3-4-6-14)17(19-24-12)13-7-9-15(21)10-8-13;1-3-18-13(17)12-9(2)8-15-16(12)11-6-4-10(14)5-7-11;1-7-6-13-14(10(7)11(15)16)9-4-2-8(12)3-5-9/h12-15,18,21-22,24H,5-11,16-17H2,1-4H3;2-10H,11H2,1H3;7-11,15H,3-6,12H2,1-2H3;7-10,14,21H,3-6,11H2,1-2H3;4-8H,3H2,1-2H3;2-6H,1H3,(H,15,16)/t21-,24-;;;;;/m0...../s1. The molecule has 0 saturated heterocycles. The van der Waals surface area contributed by atoms with Crippen molar-refractivity contribution in [2.75, 3.05) is 27.7 Å². The van der Waals surface area contributed by atoms with Crippen LogP contribution in [0, 0.1) is 57.6 Å². The molecule has 2 N–H and O–H groups in total. The molecule has 0 unspecified atom stereocenters. The highest BCUT2D eigenvalue weighted by Gasteiger charge is 2.33. The summed E-state index contributed by atoms with van der Waals surface area (Å²) in [5.41, 5.74) is 14.2. The van der Waals surface area contributed by atoms with Crippen molar-refractivity contribution in [1.82, 2.24) is 62.6 Å². The minimum Gasteiger partial charge on any atom is -0.508 e. The molecule has 0 spiro atoms. The van der Waals surface area contributed by atoms with Crippen LogP contribution >= 0.6 is 86.8 Å². The number of phenolic OH excluding ortho intramolecular Hbond substituents is 1. The molecule has 0 radical (unpaired) electrons. The molecular formula is C106H118Br4N14O19S2. The van der Waals surface area contributed by atoms with Gasteiger partial charge in [0.1, 0.15) is 43.7 Å². The number of rotatable bonds is 26. The average Bonchev–Trinajstić information content (AvgIpc) is 1.69. The predicted octanol–water partition coefficient (Wildman–Crippen LogP) is 25.6. The maximum atomic E-state index is 12.6. The molecule has 766 valence electrons. The highest BCUT2D eigenvalue weighted by molar-refractivity contribution is 9.11. The van der Waals surface area contributed by atoms with Gasteiger partial charge >= 0.3 is 42.3 Å². The highest BCUT2D eigenvalue weighted by atomic mass is 79.9. The summed E-state index contributed by atoms with van der Waals surface area (Å²) in [6, 6.07) is 51.2. The van der Waals surface area contributed by atoms with E-state index in [1.54, 1.807) is 74.8 Å². The fourth-order valence-electron chi connectivity index (χ4n) is 16.8. The number of phenols is 1. The summed E-state index contributed by atoms with van der Waals surface area (Å²) in [5, 5.41) is 46.1. The molecule has 7 aromatic carbocycles. The van der Waals surface area contributed by atoms with E-state index in [9.17, 15) is 48.8 Å². The summed E-state index contributed by atoms with van der Waals surface area (Å²) in [6.07, 6.45) is 21.8. The first-order valence-electron chi connectivity index (χ1n) is 47.7. The van der Waals surface area contributed by atoms with Gasteiger partial charge in [-0.2, -0.15) is 29.1 Å². The number of amides is 3. The summed E-state index contributed by atoms with van der Waals surface area (Å²) >= 11 is 16.3. The topological polar surface area (TPSA) is 384 Å². The number of carboxylic acid groups (broad SMARTS) is 1. The molecule has 39 heteroatoms. The third-order valence-corrected chi connectivity index (χ3v) is 28.6. The zero-order valence-corrected chi connectivity index (χ0v) is 90.7. The van der Waals surface area contributed by atoms with E-state index in [1.165, 1.54) is 90.5 Å². The van der Waals surface area contributed by atoms with Crippen molar-refractivity contribution < 1.29 is 86.6 Å². The van der Waals surface area contributed by atoms with Crippen LogP contribution in [0.5, 0.6) is 17.2 Å². The Balaban J connectivity index is 0.000000158. The van der Waals surface area contributed by atoms with Crippen LogP contribution in [-0.4, -0.2) is 178 Å². The number of ether oxygens (including phenoxy) is 8. The van der Waals surface area contributed by atoms with Gasteiger partial charge in [-0.15, -0.1) is 0 Å². The van der Waals surface area contributed by atoms with Crippen LogP contribution in [0.3, 0.4) is 0 Å². The fraction of sp³-hybridized carbons (Fsp3) is 0.368. The normalized spacial score (nSPS) is 14.3. The van der Waals surface area contributed by atoms with Crippen LogP contribution in [0.15, 0.2) is 213 Å². The number of non-ortho nitro benzene ring substituents is 1. The van der Waals surface area contributed by atoms with Crippen LogP contribution in [0.4, 0.5) is 24.9 Å². The van der Waals surface area contributed by atoms with Gasteiger partial charge < -0.3 is 62.8 Å². The quantitative estimate of drug-likeness (QED) is 0.0167. The molecule has 4 saturated carbocycles. The summed E-state index contributed by atoms with van der Waals surface area (Å²) in [4.78, 5) is 102. The van der Waals surface area contributed by atoms with Gasteiger partial charge in [0.2, 0.25) is 0 Å². The van der Waals surface area contributed by atoms with E-state index in [-0.39, 0.29) is 104 Å². The lowest BCUT2D eigenvalue weighted by atomic mass is 9.87. The van der Waals surface area contributed by atoms with Crippen molar-refractivity contribution in [1.29, 1.82) is 0 Å². The lowest BCUT2D eigenvalue weighted by Gasteiger charge is -2.29. The number of nitrogens with zero attached hydrogens (tertiary/aromatic N) is 14. The molecule has 3 amide bonds. The van der Waals surface area contributed by atoms with E-state index >= 15 is 0 Å². The Morgan fingerprint density at radius 3 is 1.22 bits per heavy atom. The number of aromatic carboxylic acids is 1. The number of esters is 2. The van der Waals surface area contributed by atoms with Crippen molar-refractivity contribution in [3.05, 3.63) is 289 Å². The molecule has 4 fully saturated rings. The van der Waals surface area contributed by atoms with Crippen LogP contribution in [0.2, 0.25) is 0 Å². The Labute approximate surface area is 883 Å². The molecule has 13 aromatic rings. The van der Waals surface area contributed by atoms with Crippen LogP contribution in [0.1, 0.15) is 199 Å². The Morgan fingerprint density at radius 2 is 0.821 bits per heavy atom. The number of benzene rings is 7. The first-order chi connectivity index (χ1) is 69.6. The predicted molar refractivity (Wildman–Crippen MR) is 565 cm³/mol. The largest absolute Gasteiger partial charge is 0.514 e. The third-order valence-electron chi connectivity index (χ3n) is 24.9. The molecule has 17 rings (SSSR count).